The fourth-order valence-corrected chi connectivity index (χ4v) is 4.42. The zero-order valence-corrected chi connectivity index (χ0v) is 20.1. The fourth-order valence-electron chi connectivity index (χ4n) is 4.42. The van der Waals surface area contributed by atoms with E-state index in [1.165, 1.54) is 5.56 Å². The zero-order chi connectivity index (χ0) is 24.0. The minimum Gasteiger partial charge on any atom is -0.461 e. The van der Waals surface area contributed by atoms with Gasteiger partial charge in [-0.3, -0.25) is 9.59 Å². The van der Waals surface area contributed by atoms with E-state index in [-0.39, 0.29) is 23.7 Å². The van der Waals surface area contributed by atoms with E-state index in [0.29, 0.717) is 44.8 Å². The molecule has 1 unspecified atom stereocenters. The molecule has 1 aromatic heterocycles. The summed E-state index contributed by atoms with van der Waals surface area (Å²) in [5, 5.41) is 3.02. The Hall–Kier alpha value is -3.09. The van der Waals surface area contributed by atoms with Crippen LogP contribution in [0.4, 0.5) is 0 Å². The first-order valence-corrected chi connectivity index (χ1v) is 11.8. The van der Waals surface area contributed by atoms with Gasteiger partial charge < -0.3 is 19.9 Å². The standard InChI is InChI=1S/C26H35N3O4/c1-5-33-26(32)24-18(3)22(19(4)28-24)12-13-23(30)29-14-6-7-21(16-29)25(31)27-15-20-10-8-17(2)9-11-20/h8-11,21,28H,5-7,12-16H2,1-4H3,(H,27,31). The molecule has 33 heavy (non-hydrogen) atoms. The Bertz CT molecular complexity index is 994. The van der Waals surface area contributed by atoms with Crippen molar-refractivity contribution in [2.24, 2.45) is 5.92 Å². The van der Waals surface area contributed by atoms with Gasteiger partial charge in [0.1, 0.15) is 5.69 Å². The number of ether oxygens (including phenoxy) is 1. The van der Waals surface area contributed by atoms with E-state index < -0.39 is 0 Å². The SMILES string of the molecule is CCOC(=O)c1[nH]c(C)c(CCC(=O)N2CCCC(C(=O)NCc3ccc(C)cc3)C2)c1C. The van der Waals surface area contributed by atoms with Crippen LogP contribution in [0.15, 0.2) is 24.3 Å². The summed E-state index contributed by atoms with van der Waals surface area (Å²) in [6.45, 7) is 9.55. The van der Waals surface area contributed by atoms with Crippen LogP contribution in [0, 0.1) is 26.7 Å². The number of rotatable bonds is 8. The molecule has 0 saturated carbocycles. The Labute approximate surface area is 195 Å². The molecule has 1 aliphatic rings. The topological polar surface area (TPSA) is 91.5 Å². The molecule has 1 atom stereocenters. The maximum atomic E-state index is 12.9. The highest BCUT2D eigenvalue weighted by molar-refractivity contribution is 5.90. The van der Waals surface area contributed by atoms with Gasteiger partial charge in [0.2, 0.25) is 11.8 Å². The quantitative estimate of drug-likeness (QED) is 0.598. The molecule has 1 saturated heterocycles. The summed E-state index contributed by atoms with van der Waals surface area (Å²) < 4.78 is 5.10. The summed E-state index contributed by atoms with van der Waals surface area (Å²) in [5.41, 5.74) is 5.42. The number of carbonyl (C=O) groups excluding carboxylic acids is 3. The first-order valence-electron chi connectivity index (χ1n) is 11.8. The Morgan fingerprint density at radius 2 is 1.88 bits per heavy atom. The lowest BCUT2D eigenvalue weighted by Crippen LogP contribution is -2.45. The summed E-state index contributed by atoms with van der Waals surface area (Å²) >= 11 is 0. The molecule has 7 nitrogen and oxygen atoms in total. The van der Waals surface area contributed by atoms with E-state index in [4.69, 9.17) is 4.74 Å². The molecule has 0 spiro atoms. The number of likely N-dealkylation sites (tertiary alicyclic amines) is 1. The van der Waals surface area contributed by atoms with Gasteiger partial charge in [-0.05, 0) is 63.6 Å². The van der Waals surface area contributed by atoms with Crippen LogP contribution < -0.4 is 5.32 Å². The van der Waals surface area contributed by atoms with Crippen molar-refractivity contribution in [1.29, 1.82) is 0 Å². The molecule has 0 aliphatic carbocycles. The Kier molecular flexibility index (Phi) is 8.31. The van der Waals surface area contributed by atoms with Crippen LogP contribution in [0.2, 0.25) is 0 Å². The van der Waals surface area contributed by atoms with Crippen molar-refractivity contribution < 1.29 is 19.1 Å². The number of piperidine rings is 1. The highest BCUT2D eigenvalue weighted by Gasteiger charge is 2.28. The third-order valence-corrected chi connectivity index (χ3v) is 6.39. The maximum Gasteiger partial charge on any atom is 0.355 e. The van der Waals surface area contributed by atoms with Crippen LogP contribution in [0.5, 0.6) is 0 Å². The first kappa shape index (κ1) is 24.6. The molecule has 1 fully saturated rings. The van der Waals surface area contributed by atoms with E-state index >= 15 is 0 Å². The number of aromatic nitrogens is 1. The molecular formula is C26H35N3O4. The minimum atomic E-state index is -0.369. The number of aryl methyl sites for hydroxylation is 2. The highest BCUT2D eigenvalue weighted by Crippen LogP contribution is 2.22. The molecule has 7 heteroatoms. The number of nitrogens with one attached hydrogen (secondary N) is 2. The number of aromatic amines is 1. The van der Waals surface area contributed by atoms with Gasteiger partial charge in [0.25, 0.3) is 0 Å². The molecule has 2 aromatic rings. The summed E-state index contributed by atoms with van der Waals surface area (Å²) in [4.78, 5) is 42.6. The number of H-pyrrole nitrogens is 1. The molecular weight excluding hydrogens is 418 g/mol. The normalized spacial score (nSPS) is 15.9. The summed E-state index contributed by atoms with van der Waals surface area (Å²) in [6.07, 6.45) is 2.51. The van der Waals surface area contributed by atoms with E-state index in [9.17, 15) is 14.4 Å². The van der Waals surface area contributed by atoms with Crippen LogP contribution >= 0.6 is 0 Å². The van der Waals surface area contributed by atoms with Crippen molar-refractivity contribution in [2.75, 3.05) is 19.7 Å². The van der Waals surface area contributed by atoms with Crippen LogP contribution in [0.25, 0.3) is 0 Å². The van der Waals surface area contributed by atoms with Crippen molar-refractivity contribution >= 4 is 17.8 Å². The minimum absolute atomic E-state index is 0.00415. The third-order valence-electron chi connectivity index (χ3n) is 6.39. The van der Waals surface area contributed by atoms with Crippen molar-refractivity contribution in [3.63, 3.8) is 0 Å². The van der Waals surface area contributed by atoms with E-state index in [2.05, 4.69) is 10.3 Å². The van der Waals surface area contributed by atoms with Crippen molar-refractivity contribution in [3.05, 3.63) is 57.9 Å². The summed E-state index contributed by atoms with van der Waals surface area (Å²) in [5.74, 6) is -0.501. The number of benzene rings is 1. The monoisotopic (exact) mass is 453 g/mol. The van der Waals surface area contributed by atoms with Crippen LogP contribution in [0.3, 0.4) is 0 Å². The molecule has 2 N–H and O–H groups in total. The number of carbonyl (C=O) groups is 3. The predicted octanol–water partition coefficient (Wildman–Crippen LogP) is 3.60. The lowest BCUT2D eigenvalue weighted by Gasteiger charge is -2.32. The molecule has 1 aromatic carbocycles. The van der Waals surface area contributed by atoms with Crippen molar-refractivity contribution in [3.8, 4) is 0 Å². The number of nitrogens with zero attached hydrogens (tertiary/aromatic N) is 1. The molecule has 0 bridgehead atoms. The number of hydrogen-bond acceptors (Lipinski definition) is 4. The number of hydrogen-bond donors (Lipinski definition) is 2. The first-order chi connectivity index (χ1) is 15.8. The molecule has 2 amide bonds. The van der Waals surface area contributed by atoms with Gasteiger partial charge in [-0.15, -0.1) is 0 Å². The fraction of sp³-hybridized carbons (Fsp3) is 0.500. The second-order valence-electron chi connectivity index (χ2n) is 8.83. The lowest BCUT2D eigenvalue weighted by atomic mass is 9.96. The van der Waals surface area contributed by atoms with Gasteiger partial charge in [0, 0.05) is 31.7 Å². The van der Waals surface area contributed by atoms with Gasteiger partial charge in [0.05, 0.1) is 12.5 Å². The van der Waals surface area contributed by atoms with Crippen LogP contribution in [-0.2, 0) is 27.3 Å². The average Bonchev–Trinajstić information content (AvgIpc) is 3.10. The highest BCUT2D eigenvalue weighted by atomic mass is 16.5. The average molecular weight is 454 g/mol. The predicted molar refractivity (Wildman–Crippen MR) is 127 cm³/mol. The maximum absolute atomic E-state index is 12.9. The van der Waals surface area contributed by atoms with Crippen molar-refractivity contribution in [2.45, 2.75) is 59.9 Å². The van der Waals surface area contributed by atoms with Gasteiger partial charge in [-0.1, -0.05) is 29.8 Å². The zero-order valence-electron chi connectivity index (χ0n) is 20.1. The lowest BCUT2D eigenvalue weighted by molar-refractivity contribution is -0.135. The van der Waals surface area contributed by atoms with Gasteiger partial charge in [-0.2, -0.15) is 0 Å². The van der Waals surface area contributed by atoms with Crippen molar-refractivity contribution in [1.82, 2.24) is 15.2 Å². The Balaban J connectivity index is 1.53. The third kappa shape index (κ3) is 6.24. The van der Waals surface area contributed by atoms with E-state index in [1.807, 2.05) is 49.9 Å². The largest absolute Gasteiger partial charge is 0.461 e. The second kappa shape index (κ2) is 11.2. The van der Waals surface area contributed by atoms with Gasteiger partial charge in [-0.25, -0.2) is 4.79 Å². The second-order valence-corrected chi connectivity index (χ2v) is 8.83. The molecule has 1 aliphatic heterocycles. The molecule has 178 valence electrons. The Morgan fingerprint density at radius 3 is 2.58 bits per heavy atom. The number of esters is 1. The Morgan fingerprint density at radius 1 is 1.15 bits per heavy atom. The smallest absolute Gasteiger partial charge is 0.355 e. The van der Waals surface area contributed by atoms with E-state index in [0.717, 1.165) is 35.2 Å². The molecule has 0 radical (unpaired) electrons. The molecule has 3 rings (SSSR count). The summed E-state index contributed by atoms with van der Waals surface area (Å²) in [7, 11) is 0. The van der Waals surface area contributed by atoms with Crippen LogP contribution in [0.1, 0.15) is 64.6 Å². The molecule has 2 heterocycles. The van der Waals surface area contributed by atoms with Gasteiger partial charge in [0.15, 0.2) is 0 Å². The summed E-state index contributed by atoms with van der Waals surface area (Å²) in [6, 6.07) is 8.10. The van der Waals surface area contributed by atoms with Gasteiger partial charge >= 0.3 is 5.97 Å². The van der Waals surface area contributed by atoms with E-state index in [1.54, 1.807) is 6.92 Å². The number of amides is 2. The van der Waals surface area contributed by atoms with Crippen LogP contribution in [-0.4, -0.2) is 47.4 Å².